The first-order valence-electron chi connectivity index (χ1n) is 9.67. The first kappa shape index (κ1) is 18.5. The van der Waals surface area contributed by atoms with Crippen LogP contribution in [0.15, 0.2) is 36.4 Å². The van der Waals surface area contributed by atoms with Crippen LogP contribution in [0.25, 0.3) is 11.3 Å². The van der Waals surface area contributed by atoms with Gasteiger partial charge in [-0.1, -0.05) is 0 Å². The molecule has 0 unspecified atom stereocenters. The van der Waals surface area contributed by atoms with Crippen molar-refractivity contribution in [3.8, 4) is 11.3 Å². The van der Waals surface area contributed by atoms with Crippen LogP contribution in [-0.2, 0) is 7.05 Å². The van der Waals surface area contributed by atoms with E-state index in [4.69, 9.17) is 0 Å². The number of aromatic nitrogens is 3. The Bertz CT molecular complexity index is 1000. The SMILES string of the molecule is Cc1cc(C(=O)N2CCC[C@H](c3cc(-c4ccc(F)cc4)n[nH]3)C2)c(C)n1C. The third-order valence-corrected chi connectivity index (χ3v) is 5.89. The molecule has 1 aliphatic rings. The van der Waals surface area contributed by atoms with Gasteiger partial charge in [-0.25, -0.2) is 4.39 Å². The van der Waals surface area contributed by atoms with E-state index in [0.29, 0.717) is 6.54 Å². The molecule has 3 heterocycles. The number of halogens is 1. The number of benzene rings is 1. The van der Waals surface area contributed by atoms with Gasteiger partial charge in [0.15, 0.2) is 0 Å². The van der Waals surface area contributed by atoms with Crippen molar-refractivity contribution < 1.29 is 9.18 Å². The summed E-state index contributed by atoms with van der Waals surface area (Å²) in [5.74, 6) is 0.0704. The second kappa shape index (κ2) is 7.26. The van der Waals surface area contributed by atoms with Gasteiger partial charge in [-0.3, -0.25) is 9.89 Å². The van der Waals surface area contributed by atoms with E-state index >= 15 is 0 Å². The Morgan fingerprint density at radius 3 is 2.64 bits per heavy atom. The molecule has 1 amide bonds. The zero-order chi connectivity index (χ0) is 19.8. The fourth-order valence-electron chi connectivity index (χ4n) is 3.97. The van der Waals surface area contributed by atoms with Gasteiger partial charge in [0.05, 0.1) is 11.3 Å². The van der Waals surface area contributed by atoms with Crippen LogP contribution in [0.3, 0.4) is 0 Å². The smallest absolute Gasteiger partial charge is 0.255 e. The molecular weight excluding hydrogens is 355 g/mol. The molecule has 1 atom stereocenters. The summed E-state index contributed by atoms with van der Waals surface area (Å²) in [5.41, 5.74) is 5.59. The lowest BCUT2D eigenvalue weighted by atomic mass is 9.94. The molecule has 3 aromatic rings. The third kappa shape index (κ3) is 3.35. The summed E-state index contributed by atoms with van der Waals surface area (Å²) in [7, 11) is 1.99. The lowest BCUT2D eigenvalue weighted by Gasteiger charge is -2.32. The second-order valence-electron chi connectivity index (χ2n) is 7.65. The number of nitrogens with one attached hydrogen (secondary N) is 1. The first-order chi connectivity index (χ1) is 13.4. The number of aromatic amines is 1. The number of hydrogen-bond acceptors (Lipinski definition) is 2. The summed E-state index contributed by atoms with van der Waals surface area (Å²) in [4.78, 5) is 15.0. The topological polar surface area (TPSA) is 53.9 Å². The number of nitrogens with zero attached hydrogens (tertiary/aromatic N) is 3. The van der Waals surface area contributed by atoms with Crippen LogP contribution in [0, 0.1) is 19.7 Å². The van der Waals surface area contributed by atoms with Crippen LogP contribution in [0.2, 0.25) is 0 Å². The largest absolute Gasteiger partial charge is 0.351 e. The molecule has 0 bridgehead atoms. The third-order valence-electron chi connectivity index (χ3n) is 5.89. The van der Waals surface area contributed by atoms with E-state index in [1.165, 1.54) is 12.1 Å². The van der Waals surface area contributed by atoms with Crippen molar-refractivity contribution >= 4 is 5.91 Å². The molecule has 146 valence electrons. The second-order valence-corrected chi connectivity index (χ2v) is 7.65. The number of piperidine rings is 1. The lowest BCUT2D eigenvalue weighted by molar-refractivity contribution is 0.0705. The molecule has 1 saturated heterocycles. The molecule has 1 fully saturated rings. The maximum absolute atomic E-state index is 13.1. The normalized spacial score (nSPS) is 17.1. The minimum Gasteiger partial charge on any atom is -0.351 e. The Morgan fingerprint density at radius 1 is 1.21 bits per heavy atom. The van der Waals surface area contributed by atoms with Gasteiger partial charge >= 0.3 is 0 Å². The average molecular weight is 380 g/mol. The van der Waals surface area contributed by atoms with E-state index < -0.39 is 0 Å². The quantitative estimate of drug-likeness (QED) is 0.741. The molecule has 1 aromatic carbocycles. The molecule has 0 spiro atoms. The number of amides is 1. The molecule has 6 heteroatoms. The first-order valence-corrected chi connectivity index (χ1v) is 9.67. The molecule has 5 nitrogen and oxygen atoms in total. The minimum absolute atomic E-state index is 0.101. The van der Waals surface area contributed by atoms with E-state index in [0.717, 1.165) is 53.3 Å². The fraction of sp³-hybridized carbons (Fsp3) is 0.364. The summed E-state index contributed by atoms with van der Waals surface area (Å²) in [6, 6.07) is 10.3. The standard InChI is InChI=1S/C22H25FN4O/c1-14-11-19(15(2)26(14)3)22(28)27-10-4-5-17(13-27)21-12-20(24-25-21)16-6-8-18(23)9-7-16/h6-9,11-12,17H,4-5,10,13H2,1-3H3,(H,24,25)/t17-/m0/s1. The van der Waals surface area contributed by atoms with Crippen LogP contribution in [0.5, 0.6) is 0 Å². The van der Waals surface area contributed by atoms with Gasteiger partial charge in [0.25, 0.3) is 5.91 Å². The van der Waals surface area contributed by atoms with E-state index in [1.807, 2.05) is 37.9 Å². The fourth-order valence-corrected chi connectivity index (χ4v) is 3.97. The van der Waals surface area contributed by atoms with Crippen LogP contribution in [-0.4, -0.2) is 38.7 Å². The Hall–Kier alpha value is -2.89. The number of likely N-dealkylation sites (tertiary alicyclic amines) is 1. The summed E-state index contributed by atoms with van der Waals surface area (Å²) >= 11 is 0. The van der Waals surface area contributed by atoms with Crippen LogP contribution in [0.1, 0.15) is 46.2 Å². The predicted molar refractivity (Wildman–Crippen MR) is 107 cm³/mol. The van der Waals surface area contributed by atoms with Crippen molar-refractivity contribution in [2.45, 2.75) is 32.6 Å². The number of carbonyl (C=O) groups is 1. The van der Waals surface area contributed by atoms with Crippen LogP contribution in [0.4, 0.5) is 4.39 Å². The van der Waals surface area contributed by atoms with Gasteiger partial charge in [-0.05, 0) is 63.1 Å². The lowest BCUT2D eigenvalue weighted by Crippen LogP contribution is -2.39. The van der Waals surface area contributed by atoms with Crippen molar-refractivity contribution in [3.63, 3.8) is 0 Å². The van der Waals surface area contributed by atoms with Gasteiger partial charge in [0, 0.05) is 48.7 Å². The summed E-state index contributed by atoms with van der Waals surface area (Å²) in [5, 5.41) is 7.52. The molecule has 4 rings (SSSR count). The molecule has 0 aliphatic carbocycles. The minimum atomic E-state index is -0.257. The van der Waals surface area contributed by atoms with Crippen molar-refractivity contribution in [2.75, 3.05) is 13.1 Å². The monoisotopic (exact) mass is 380 g/mol. The molecule has 28 heavy (non-hydrogen) atoms. The highest BCUT2D eigenvalue weighted by atomic mass is 19.1. The van der Waals surface area contributed by atoms with Gasteiger partial charge in [0.1, 0.15) is 5.82 Å². The van der Waals surface area contributed by atoms with E-state index in [9.17, 15) is 9.18 Å². The highest BCUT2D eigenvalue weighted by Crippen LogP contribution is 2.29. The highest BCUT2D eigenvalue weighted by molar-refractivity contribution is 5.95. The van der Waals surface area contributed by atoms with E-state index in [-0.39, 0.29) is 17.6 Å². The Labute approximate surface area is 164 Å². The van der Waals surface area contributed by atoms with Crippen LogP contribution >= 0.6 is 0 Å². The van der Waals surface area contributed by atoms with Crippen molar-refractivity contribution in [2.24, 2.45) is 7.05 Å². The molecule has 1 N–H and O–H groups in total. The maximum atomic E-state index is 13.1. The summed E-state index contributed by atoms with van der Waals surface area (Å²) in [6.45, 7) is 5.47. The van der Waals surface area contributed by atoms with Crippen molar-refractivity contribution in [1.82, 2.24) is 19.7 Å². The van der Waals surface area contributed by atoms with Gasteiger partial charge in [-0.2, -0.15) is 5.10 Å². The highest BCUT2D eigenvalue weighted by Gasteiger charge is 2.28. The molecule has 2 aromatic heterocycles. The number of H-pyrrole nitrogens is 1. The van der Waals surface area contributed by atoms with E-state index in [1.54, 1.807) is 12.1 Å². The number of hydrogen-bond donors (Lipinski definition) is 1. The molecular formula is C22H25FN4O. The van der Waals surface area contributed by atoms with Gasteiger partial charge < -0.3 is 9.47 Å². The summed E-state index contributed by atoms with van der Waals surface area (Å²) in [6.07, 6.45) is 1.98. The summed E-state index contributed by atoms with van der Waals surface area (Å²) < 4.78 is 15.2. The van der Waals surface area contributed by atoms with E-state index in [2.05, 4.69) is 14.8 Å². The van der Waals surface area contributed by atoms with Gasteiger partial charge in [-0.15, -0.1) is 0 Å². The molecule has 0 saturated carbocycles. The molecule has 1 aliphatic heterocycles. The zero-order valence-corrected chi connectivity index (χ0v) is 16.5. The number of aryl methyl sites for hydroxylation is 1. The van der Waals surface area contributed by atoms with Crippen LogP contribution < -0.4 is 0 Å². The number of rotatable bonds is 3. The predicted octanol–water partition coefficient (Wildman–Crippen LogP) is 4.19. The Balaban J connectivity index is 1.52. The number of carbonyl (C=O) groups excluding carboxylic acids is 1. The van der Waals surface area contributed by atoms with Gasteiger partial charge in [0.2, 0.25) is 0 Å². The van der Waals surface area contributed by atoms with Crippen molar-refractivity contribution in [1.29, 1.82) is 0 Å². The van der Waals surface area contributed by atoms with Crippen molar-refractivity contribution in [3.05, 3.63) is 64.9 Å². The zero-order valence-electron chi connectivity index (χ0n) is 16.5. The molecule has 0 radical (unpaired) electrons. The Kier molecular flexibility index (Phi) is 4.79. The Morgan fingerprint density at radius 2 is 1.96 bits per heavy atom. The average Bonchev–Trinajstić information content (AvgIpc) is 3.29. The maximum Gasteiger partial charge on any atom is 0.255 e.